The maximum absolute atomic E-state index is 13.1. The summed E-state index contributed by atoms with van der Waals surface area (Å²) in [5.74, 6) is -0.0950. The predicted molar refractivity (Wildman–Crippen MR) is 96.6 cm³/mol. The van der Waals surface area contributed by atoms with E-state index in [1.807, 2.05) is 0 Å². The van der Waals surface area contributed by atoms with Gasteiger partial charge in [-0.1, -0.05) is 22.9 Å². The first-order valence-corrected chi connectivity index (χ1v) is 9.04. The van der Waals surface area contributed by atoms with Crippen LogP contribution in [0.25, 0.3) is 5.82 Å². The molecule has 0 saturated heterocycles. The number of nitrogens with zero attached hydrogens (tertiary/aromatic N) is 6. The van der Waals surface area contributed by atoms with Gasteiger partial charge in [0.2, 0.25) is 0 Å². The number of alkyl halides is 3. The van der Waals surface area contributed by atoms with Crippen molar-refractivity contribution in [1.82, 2.24) is 29.9 Å². The summed E-state index contributed by atoms with van der Waals surface area (Å²) in [6.07, 6.45) is 0.369. The molecule has 0 spiro atoms. The van der Waals surface area contributed by atoms with Crippen molar-refractivity contribution in [2.45, 2.75) is 25.6 Å². The molecule has 3 aromatic rings. The van der Waals surface area contributed by atoms with Gasteiger partial charge in [-0.05, 0) is 19.1 Å². The van der Waals surface area contributed by atoms with Gasteiger partial charge in [0, 0.05) is 25.4 Å². The number of rotatable bonds is 2. The molecule has 1 aliphatic rings. The first-order chi connectivity index (χ1) is 13.8. The number of fused-ring (bicyclic) bond motifs is 1. The highest BCUT2D eigenvalue weighted by molar-refractivity contribution is 6.34. The van der Waals surface area contributed by atoms with Crippen LogP contribution in [0.2, 0.25) is 5.02 Å². The SMILES string of the molecule is C[C@H]1c2nnn(-c3cnccn3)c2CCN1C(=O)c1cccc(C(F)(F)F)c1Cl. The molecule has 1 amide bonds. The minimum atomic E-state index is -4.65. The zero-order valence-corrected chi connectivity index (χ0v) is 15.8. The number of hydrogen-bond donors (Lipinski definition) is 0. The molecule has 3 heterocycles. The summed E-state index contributed by atoms with van der Waals surface area (Å²) >= 11 is 5.92. The first kappa shape index (κ1) is 19.3. The van der Waals surface area contributed by atoms with Gasteiger partial charge in [-0.2, -0.15) is 17.9 Å². The molecule has 11 heteroatoms. The molecule has 0 bridgehead atoms. The summed E-state index contributed by atoms with van der Waals surface area (Å²) in [5, 5.41) is 7.65. The Morgan fingerprint density at radius 1 is 1.28 bits per heavy atom. The molecule has 1 aliphatic heterocycles. The monoisotopic (exact) mass is 422 g/mol. The molecule has 0 fully saturated rings. The van der Waals surface area contributed by atoms with E-state index in [2.05, 4.69) is 20.3 Å². The summed E-state index contributed by atoms with van der Waals surface area (Å²) in [4.78, 5) is 22.6. The quantitative estimate of drug-likeness (QED) is 0.632. The lowest BCUT2D eigenvalue weighted by atomic mass is 10.0. The molecule has 1 aromatic carbocycles. The minimum absolute atomic E-state index is 0.196. The van der Waals surface area contributed by atoms with Gasteiger partial charge < -0.3 is 4.90 Å². The van der Waals surface area contributed by atoms with E-state index < -0.39 is 28.7 Å². The molecule has 7 nitrogen and oxygen atoms in total. The largest absolute Gasteiger partial charge is 0.417 e. The lowest BCUT2D eigenvalue weighted by Crippen LogP contribution is -2.39. The van der Waals surface area contributed by atoms with Crippen LogP contribution in [0.3, 0.4) is 0 Å². The summed E-state index contributed by atoms with van der Waals surface area (Å²) < 4.78 is 40.9. The maximum atomic E-state index is 13.1. The molecule has 0 N–H and O–H groups in total. The summed E-state index contributed by atoms with van der Waals surface area (Å²) in [6.45, 7) is 2.01. The zero-order valence-electron chi connectivity index (χ0n) is 15.1. The average molecular weight is 423 g/mol. The Kier molecular flexibility index (Phi) is 4.73. The highest BCUT2D eigenvalue weighted by Crippen LogP contribution is 2.38. The second-order valence-corrected chi connectivity index (χ2v) is 6.86. The van der Waals surface area contributed by atoms with Crippen molar-refractivity contribution in [3.8, 4) is 5.82 Å². The summed E-state index contributed by atoms with van der Waals surface area (Å²) in [5.41, 5.74) is 0.0950. The third-order valence-electron chi connectivity index (χ3n) is 4.81. The normalized spacial score (nSPS) is 16.6. The smallest absolute Gasteiger partial charge is 0.330 e. The number of benzene rings is 1. The van der Waals surface area contributed by atoms with E-state index in [0.717, 1.165) is 11.8 Å². The molecular weight excluding hydrogens is 409 g/mol. The Hall–Kier alpha value is -3.01. The maximum Gasteiger partial charge on any atom is 0.417 e. The third kappa shape index (κ3) is 3.33. The van der Waals surface area contributed by atoms with Crippen LogP contribution in [0.15, 0.2) is 36.8 Å². The molecule has 0 saturated carbocycles. The Bertz CT molecular complexity index is 1070. The Morgan fingerprint density at radius 3 is 2.76 bits per heavy atom. The topological polar surface area (TPSA) is 76.8 Å². The van der Waals surface area contributed by atoms with Crippen molar-refractivity contribution in [1.29, 1.82) is 0 Å². The standard InChI is InChI=1S/C18H14ClF3N6O/c1-10-16-13(28(26-25-16)14-9-23-6-7-24-14)5-8-27(10)17(29)11-3-2-4-12(15(11)19)18(20,21)22/h2-4,6-7,9-10H,5,8H2,1H3/t10-/m0/s1. The number of carbonyl (C=O) groups excluding carboxylic acids is 1. The highest BCUT2D eigenvalue weighted by atomic mass is 35.5. The van der Waals surface area contributed by atoms with Crippen LogP contribution in [-0.2, 0) is 12.6 Å². The van der Waals surface area contributed by atoms with E-state index in [0.29, 0.717) is 17.9 Å². The molecule has 4 rings (SSSR count). The van der Waals surface area contributed by atoms with Crippen LogP contribution >= 0.6 is 11.6 Å². The van der Waals surface area contributed by atoms with Crippen molar-refractivity contribution in [2.75, 3.05) is 6.54 Å². The number of hydrogen-bond acceptors (Lipinski definition) is 5. The first-order valence-electron chi connectivity index (χ1n) is 8.66. The fourth-order valence-electron chi connectivity index (χ4n) is 3.37. The van der Waals surface area contributed by atoms with E-state index in [9.17, 15) is 18.0 Å². The van der Waals surface area contributed by atoms with Gasteiger partial charge >= 0.3 is 6.18 Å². The lowest BCUT2D eigenvalue weighted by molar-refractivity contribution is -0.137. The fourth-order valence-corrected chi connectivity index (χ4v) is 3.69. The Morgan fingerprint density at radius 2 is 2.07 bits per heavy atom. The minimum Gasteiger partial charge on any atom is -0.330 e. The van der Waals surface area contributed by atoms with E-state index in [-0.39, 0.29) is 12.1 Å². The van der Waals surface area contributed by atoms with Crippen molar-refractivity contribution < 1.29 is 18.0 Å². The van der Waals surface area contributed by atoms with Crippen molar-refractivity contribution in [3.63, 3.8) is 0 Å². The molecule has 1 atom stereocenters. The van der Waals surface area contributed by atoms with Gasteiger partial charge in [0.25, 0.3) is 5.91 Å². The highest BCUT2D eigenvalue weighted by Gasteiger charge is 2.37. The van der Waals surface area contributed by atoms with Gasteiger partial charge in [-0.15, -0.1) is 5.10 Å². The lowest BCUT2D eigenvalue weighted by Gasteiger charge is -2.33. The third-order valence-corrected chi connectivity index (χ3v) is 5.22. The number of halogens is 4. The van der Waals surface area contributed by atoms with Crippen molar-refractivity contribution in [3.05, 3.63) is 64.3 Å². The number of aromatic nitrogens is 5. The van der Waals surface area contributed by atoms with E-state index in [1.165, 1.54) is 29.4 Å². The van der Waals surface area contributed by atoms with Crippen LogP contribution in [0.1, 0.15) is 40.3 Å². The molecule has 150 valence electrons. The van der Waals surface area contributed by atoms with Gasteiger partial charge in [0.1, 0.15) is 5.69 Å². The molecule has 0 unspecified atom stereocenters. The van der Waals surface area contributed by atoms with Gasteiger partial charge in [-0.3, -0.25) is 9.78 Å². The van der Waals surface area contributed by atoms with Crippen molar-refractivity contribution >= 4 is 17.5 Å². The molecule has 2 aromatic heterocycles. The van der Waals surface area contributed by atoms with Gasteiger partial charge in [0.15, 0.2) is 5.82 Å². The number of carbonyl (C=O) groups is 1. The number of amides is 1. The van der Waals surface area contributed by atoms with Gasteiger partial charge in [0.05, 0.1) is 34.1 Å². The summed E-state index contributed by atoms with van der Waals surface area (Å²) in [6, 6.07) is 2.82. The second kappa shape index (κ2) is 7.11. The van der Waals surface area contributed by atoms with Crippen LogP contribution < -0.4 is 0 Å². The van der Waals surface area contributed by atoms with E-state index in [1.54, 1.807) is 17.8 Å². The van der Waals surface area contributed by atoms with Crippen LogP contribution in [-0.4, -0.2) is 42.3 Å². The second-order valence-electron chi connectivity index (χ2n) is 6.49. The van der Waals surface area contributed by atoms with E-state index >= 15 is 0 Å². The molecule has 29 heavy (non-hydrogen) atoms. The fraction of sp³-hybridized carbons (Fsp3) is 0.278. The Balaban J connectivity index is 1.66. The zero-order chi connectivity index (χ0) is 20.8. The van der Waals surface area contributed by atoms with Crippen molar-refractivity contribution in [2.24, 2.45) is 0 Å². The molecule has 0 radical (unpaired) electrons. The predicted octanol–water partition coefficient (Wildman–Crippen LogP) is 3.49. The van der Waals surface area contributed by atoms with Gasteiger partial charge in [-0.25, -0.2) is 4.98 Å². The average Bonchev–Trinajstić information content (AvgIpc) is 3.13. The molecular formula is C18H14ClF3N6O. The van der Waals surface area contributed by atoms with Crippen LogP contribution in [0.5, 0.6) is 0 Å². The summed E-state index contributed by atoms with van der Waals surface area (Å²) in [7, 11) is 0. The van der Waals surface area contributed by atoms with E-state index in [4.69, 9.17) is 11.6 Å². The van der Waals surface area contributed by atoms with Crippen LogP contribution in [0, 0.1) is 0 Å². The molecule has 0 aliphatic carbocycles. The van der Waals surface area contributed by atoms with Crippen LogP contribution in [0.4, 0.5) is 13.2 Å². The Labute approximate surface area is 168 Å².